The fourth-order valence-electron chi connectivity index (χ4n) is 1.68. The number of nitrogens with one attached hydrogen (secondary N) is 1. The van der Waals surface area contributed by atoms with Gasteiger partial charge in [0.05, 0.1) is 12.0 Å². The number of allylic oxidation sites excluding steroid dienone is 2. The molecule has 1 atom stereocenters. The zero-order chi connectivity index (χ0) is 18.5. The second kappa shape index (κ2) is 7.78. The highest BCUT2D eigenvalue weighted by Gasteiger charge is 2.19. The van der Waals surface area contributed by atoms with Crippen molar-refractivity contribution >= 4 is 21.7 Å². The minimum absolute atomic E-state index is 0.0380. The fourth-order valence-corrected chi connectivity index (χ4v) is 2.58. The quantitative estimate of drug-likeness (QED) is 0.423. The molecule has 0 spiro atoms. The number of aliphatic carboxylic acids is 1. The average Bonchev–Trinajstić information content (AvgIpc) is 2.53. The molecule has 1 heterocycles. The Hall–Kier alpha value is -2.61. The number of methoxy groups -OCH3 is 1. The Morgan fingerprint density at radius 1 is 1.50 bits per heavy atom. The van der Waals surface area contributed by atoms with E-state index in [0.717, 1.165) is 11.6 Å². The first-order chi connectivity index (χ1) is 11.1. The van der Waals surface area contributed by atoms with E-state index in [1.807, 2.05) is 6.92 Å². The van der Waals surface area contributed by atoms with Crippen molar-refractivity contribution in [3.63, 3.8) is 0 Å². The Bertz CT molecular complexity index is 797. The zero-order valence-corrected chi connectivity index (χ0v) is 14.6. The van der Waals surface area contributed by atoms with E-state index in [-0.39, 0.29) is 28.0 Å². The lowest BCUT2D eigenvalue weighted by Gasteiger charge is -2.14. The summed E-state index contributed by atoms with van der Waals surface area (Å²) < 4.78 is 32.0. The molecule has 1 unspecified atom stereocenters. The lowest BCUT2D eigenvalue weighted by atomic mass is 10.0. The first-order valence-corrected chi connectivity index (χ1v) is 8.40. The van der Waals surface area contributed by atoms with Crippen LogP contribution in [0.1, 0.15) is 25.3 Å². The molecule has 0 aliphatic carbocycles. The highest BCUT2D eigenvalue weighted by atomic mass is 32.2. The molecule has 0 radical (unpaired) electrons. The van der Waals surface area contributed by atoms with E-state index in [1.165, 1.54) is 14.0 Å². The lowest BCUT2D eigenvalue weighted by molar-refractivity contribution is -0.132. The van der Waals surface area contributed by atoms with E-state index >= 15 is 0 Å². The number of carbonyl (C=O) groups is 1. The van der Waals surface area contributed by atoms with Gasteiger partial charge >= 0.3 is 5.97 Å². The Kier molecular flexibility index (Phi) is 6.30. The van der Waals surface area contributed by atoms with Gasteiger partial charge in [0.1, 0.15) is 5.69 Å². The second-order valence-electron chi connectivity index (χ2n) is 5.05. The van der Waals surface area contributed by atoms with Crippen LogP contribution in [0.25, 0.3) is 0 Å². The molecule has 1 rings (SSSR count). The summed E-state index contributed by atoms with van der Waals surface area (Å²) in [6, 6.07) is 1.58. The van der Waals surface area contributed by atoms with Gasteiger partial charge in [0.15, 0.2) is 0 Å². The van der Waals surface area contributed by atoms with Crippen molar-refractivity contribution in [2.75, 3.05) is 11.8 Å². The van der Waals surface area contributed by atoms with Gasteiger partial charge in [-0.2, -0.15) is 0 Å². The predicted octanol–water partition coefficient (Wildman–Crippen LogP) is 2.67. The summed E-state index contributed by atoms with van der Waals surface area (Å²) in [4.78, 5) is 14.5. The van der Waals surface area contributed by atoms with Gasteiger partial charge in [0.25, 0.3) is 10.0 Å². The summed E-state index contributed by atoms with van der Waals surface area (Å²) in [6.45, 7) is 10.2. The number of rotatable bonds is 8. The molecule has 0 bridgehead atoms. The zero-order valence-electron chi connectivity index (χ0n) is 13.7. The van der Waals surface area contributed by atoms with E-state index in [1.54, 1.807) is 18.3 Å². The number of nitrogens with zero attached hydrogens (tertiary/aromatic N) is 1. The molecule has 24 heavy (non-hydrogen) atoms. The van der Waals surface area contributed by atoms with Crippen LogP contribution >= 0.6 is 0 Å². The van der Waals surface area contributed by atoms with Crippen molar-refractivity contribution in [2.45, 2.75) is 19.8 Å². The molecule has 0 saturated heterocycles. The maximum absolute atomic E-state index is 12.3. The molecular formula is C16H20N2O5S. The van der Waals surface area contributed by atoms with Crippen LogP contribution < -0.4 is 9.46 Å². The van der Waals surface area contributed by atoms with E-state index in [9.17, 15) is 13.2 Å². The first kappa shape index (κ1) is 19.4. The number of aromatic nitrogens is 1. The number of carboxylic acids is 1. The van der Waals surface area contributed by atoms with Gasteiger partial charge in [-0.1, -0.05) is 19.6 Å². The Morgan fingerprint density at radius 2 is 2.12 bits per heavy atom. The molecule has 7 nitrogen and oxygen atoms in total. The average molecular weight is 352 g/mol. The van der Waals surface area contributed by atoms with E-state index in [4.69, 9.17) is 9.84 Å². The monoisotopic (exact) mass is 352 g/mol. The van der Waals surface area contributed by atoms with E-state index in [2.05, 4.69) is 22.9 Å². The lowest BCUT2D eigenvalue weighted by Crippen LogP contribution is -2.15. The second-order valence-corrected chi connectivity index (χ2v) is 6.79. The number of carboxylic acid groups (broad SMARTS) is 1. The van der Waals surface area contributed by atoms with Crippen molar-refractivity contribution < 1.29 is 23.1 Å². The Labute approximate surface area is 141 Å². The van der Waals surface area contributed by atoms with Crippen LogP contribution in [0.2, 0.25) is 0 Å². The van der Waals surface area contributed by atoms with Gasteiger partial charge in [0, 0.05) is 17.7 Å². The van der Waals surface area contributed by atoms with Crippen molar-refractivity contribution in [1.29, 1.82) is 0 Å². The standard InChI is InChI=1S/C16H20N2O5S/c1-6-10(2)13-8-14(15(23-5)17-9-13)18-24(21,22)12(4)7-11(3)16(19)20/h6-10,18H,1,4H2,2-3,5H3,(H,19,20). The smallest absolute Gasteiger partial charge is 0.331 e. The summed E-state index contributed by atoms with van der Waals surface area (Å²) >= 11 is 0. The highest BCUT2D eigenvalue weighted by molar-refractivity contribution is 7.96. The summed E-state index contributed by atoms with van der Waals surface area (Å²) in [5.74, 6) is -1.18. The summed E-state index contributed by atoms with van der Waals surface area (Å²) in [7, 11) is -2.69. The molecule has 1 aromatic heterocycles. The molecule has 0 aromatic carbocycles. The molecule has 2 N–H and O–H groups in total. The minimum Gasteiger partial charge on any atom is -0.480 e. The van der Waals surface area contributed by atoms with Gasteiger partial charge in [-0.05, 0) is 24.6 Å². The van der Waals surface area contributed by atoms with Gasteiger partial charge in [-0.25, -0.2) is 18.2 Å². The van der Waals surface area contributed by atoms with Crippen LogP contribution in [-0.4, -0.2) is 31.6 Å². The van der Waals surface area contributed by atoms with Crippen LogP contribution in [0.5, 0.6) is 5.88 Å². The number of pyridine rings is 1. The van der Waals surface area contributed by atoms with Crippen molar-refractivity contribution in [2.24, 2.45) is 0 Å². The van der Waals surface area contributed by atoms with Crippen LogP contribution in [0.4, 0.5) is 5.69 Å². The largest absolute Gasteiger partial charge is 0.480 e. The summed E-state index contributed by atoms with van der Waals surface area (Å²) in [6.07, 6.45) is 4.23. The molecule has 0 fully saturated rings. The van der Waals surface area contributed by atoms with Crippen molar-refractivity contribution in [3.8, 4) is 5.88 Å². The number of sulfonamides is 1. The SMILES string of the molecule is C=CC(C)c1cnc(OC)c(NS(=O)(=O)C(=C)C=C(C)C(=O)O)c1. The van der Waals surface area contributed by atoms with Crippen molar-refractivity contribution in [3.05, 3.63) is 53.6 Å². The molecule has 8 heteroatoms. The van der Waals surface area contributed by atoms with Gasteiger partial charge in [-0.3, -0.25) is 4.72 Å². The maximum atomic E-state index is 12.3. The molecule has 0 aliphatic rings. The third-order valence-electron chi connectivity index (χ3n) is 3.25. The molecular weight excluding hydrogens is 332 g/mol. The normalized spacial score (nSPS) is 13.0. The number of anilines is 1. The van der Waals surface area contributed by atoms with Crippen LogP contribution in [-0.2, 0) is 14.8 Å². The van der Waals surface area contributed by atoms with Crippen molar-refractivity contribution in [1.82, 2.24) is 4.98 Å². The number of hydrogen-bond acceptors (Lipinski definition) is 5. The van der Waals surface area contributed by atoms with Gasteiger partial charge < -0.3 is 9.84 Å². The predicted molar refractivity (Wildman–Crippen MR) is 92.5 cm³/mol. The third kappa shape index (κ3) is 4.69. The third-order valence-corrected chi connectivity index (χ3v) is 4.55. The molecule has 1 aromatic rings. The van der Waals surface area contributed by atoms with E-state index in [0.29, 0.717) is 0 Å². The molecule has 130 valence electrons. The summed E-state index contributed by atoms with van der Waals surface area (Å²) in [5, 5.41) is 8.83. The minimum atomic E-state index is -4.05. The Balaban J connectivity index is 3.22. The van der Waals surface area contributed by atoms with E-state index < -0.39 is 16.0 Å². The topological polar surface area (TPSA) is 106 Å². The fraction of sp³-hybridized carbons (Fsp3) is 0.250. The Morgan fingerprint density at radius 3 is 2.62 bits per heavy atom. The molecule has 0 amide bonds. The van der Waals surface area contributed by atoms with Crippen LogP contribution in [0, 0.1) is 0 Å². The van der Waals surface area contributed by atoms with Crippen LogP contribution in [0.3, 0.4) is 0 Å². The molecule has 0 saturated carbocycles. The molecule has 0 aliphatic heterocycles. The first-order valence-electron chi connectivity index (χ1n) is 6.92. The summed E-state index contributed by atoms with van der Waals surface area (Å²) in [5.41, 5.74) is 0.724. The number of hydrogen-bond donors (Lipinski definition) is 2. The van der Waals surface area contributed by atoms with Gasteiger partial charge in [-0.15, -0.1) is 6.58 Å². The van der Waals surface area contributed by atoms with Gasteiger partial charge in [0.2, 0.25) is 5.88 Å². The highest BCUT2D eigenvalue weighted by Crippen LogP contribution is 2.28. The van der Waals surface area contributed by atoms with Crippen LogP contribution in [0.15, 0.2) is 48.1 Å². The maximum Gasteiger partial charge on any atom is 0.331 e. The number of ether oxygens (including phenoxy) is 1.